The van der Waals surface area contributed by atoms with Crippen LogP contribution >= 0.6 is 0 Å². The zero-order valence-electron chi connectivity index (χ0n) is 22.0. The van der Waals surface area contributed by atoms with Crippen molar-refractivity contribution >= 4 is 11.7 Å². The van der Waals surface area contributed by atoms with Crippen LogP contribution in [0.5, 0.6) is 11.5 Å². The highest BCUT2D eigenvalue weighted by atomic mass is 16.7. The third kappa shape index (κ3) is 4.20. The first-order chi connectivity index (χ1) is 16.6. The molecular formula is C29H38N2O4. The SMILES string of the molecule is CC1=CC(C)=C(CN2CCc3cc4c(c(C)c3C2=O)O[C@](C)(C2CCC(N(C)C)CC2)O4)C(=O)C1. The minimum absolute atomic E-state index is 0.0189. The Morgan fingerprint density at radius 1 is 1.09 bits per heavy atom. The third-order valence-corrected chi connectivity index (χ3v) is 8.57. The van der Waals surface area contributed by atoms with Crippen LogP contribution in [0, 0.1) is 12.8 Å². The number of fused-ring (bicyclic) bond motifs is 2. The number of ether oxygens (including phenoxy) is 2. The quantitative estimate of drug-likeness (QED) is 0.620. The van der Waals surface area contributed by atoms with Crippen molar-refractivity contribution in [2.24, 2.45) is 5.92 Å². The van der Waals surface area contributed by atoms with E-state index in [0.29, 0.717) is 42.8 Å². The molecule has 35 heavy (non-hydrogen) atoms. The van der Waals surface area contributed by atoms with Gasteiger partial charge < -0.3 is 19.3 Å². The Kier molecular flexibility index (Phi) is 6.07. The van der Waals surface area contributed by atoms with Gasteiger partial charge >= 0.3 is 0 Å². The van der Waals surface area contributed by atoms with E-state index in [1.807, 2.05) is 31.7 Å². The van der Waals surface area contributed by atoms with Crippen LogP contribution in [-0.4, -0.2) is 60.5 Å². The van der Waals surface area contributed by atoms with Gasteiger partial charge in [0.25, 0.3) is 11.7 Å². The maximum Gasteiger partial charge on any atom is 0.254 e. The van der Waals surface area contributed by atoms with Crippen molar-refractivity contribution in [2.75, 3.05) is 27.2 Å². The first kappa shape index (κ1) is 24.1. The molecule has 5 rings (SSSR count). The minimum Gasteiger partial charge on any atom is -0.448 e. The van der Waals surface area contributed by atoms with Crippen LogP contribution < -0.4 is 9.47 Å². The number of ketones is 1. The molecule has 6 heteroatoms. The summed E-state index contributed by atoms with van der Waals surface area (Å²) in [6, 6.07) is 2.64. The van der Waals surface area contributed by atoms with Gasteiger partial charge in [-0.2, -0.15) is 0 Å². The Balaban J connectivity index is 1.37. The van der Waals surface area contributed by atoms with Gasteiger partial charge in [-0.3, -0.25) is 9.59 Å². The lowest BCUT2D eigenvalue weighted by molar-refractivity contribution is -0.123. The van der Waals surface area contributed by atoms with Crippen LogP contribution in [0.15, 0.2) is 28.9 Å². The molecule has 0 N–H and O–H groups in total. The van der Waals surface area contributed by atoms with Crippen LogP contribution in [0.4, 0.5) is 0 Å². The second-order valence-corrected chi connectivity index (χ2v) is 11.3. The van der Waals surface area contributed by atoms with Gasteiger partial charge in [-0.05, 0) is 84.2 Å². The number of nitrogens with zero attached hydrogens (tertiary/aromatic N) is 2. The summed E-state index contributed by atoms with van der Waals surface area (Å²) in [5, 5.41) is 0. The number of hydrogen-bond acceptors (Lipinski definition) is 5. The van der Waals surface area contributed by atoms with Gasteiger partial charge in [-0.1, -0.05) is 11.6 Å². The van der Waals surface area contributed by atoms with Crippen LogP contribution in [-0.2, 0) is 11.2 Å². The molecule has 4 aliphatic rings. The summed E-state index contributed by atoms with van der Waals surface area (Å²) < 4.78 is 13.0. The van der Waals surface area contributed by atoms with Crippen LogP contribution in [0.1, 0.15) is 74.4 Å². The van der Waals surface area contributed by atoms with E-state index in [1.54, 1.807) is 0 Å². The molecule has 1 fully saturated rings. The molecular weight excluding hydrogens is 440 g/mol. The fourth-order valence-electron chi connectivity index (χ4n) is 6.42. The van der Waals surface area contributed by atoms with Gasteiger partial charge in [-0.25, -0.2) is 0 Å². The summed E-state index contributed by atoms with van der Waals surface area (Å²) in [5.41, 5.74) is 5.39. The topological polar surface area (TPSA) is 59.1 Å². The molecule has 0 bridgehead atoms. The lowest BCUT2D eigenvalue weighted by atomic mass is 9.81. The van der Waals surface area contributed by atoms with E-state index in [9.17, 15) is 9.59 Å². The van der Waals surface area contributed by atoms with Crippen LogP contribution in [0.3, 0.4) is 0 Å². The molecule has 0 saturated heterocycles. The summed E-state index contributed by atoms with van der Waals surface area (Å²) in [6.07, 6.45) is 7.67. The monoisotopic (exact) mass is 478 g/mol. The van der Waals surface area contributed by atoms with Crippen molar-refractivity contribution in [1.82, 2.24) is 9.80 Å². The summed E-state index contributed by atoms with van der Waals surface area (Å²) in [6.45, 7) is 8.94. The number of hydrogen-bond donors (Lipinski definition) is 0. The molecule has 2 aliphatic heterocycles. The van der Waals surface area contributed by atoms with Gasteiger partial charge in [0.15, 0.2) is 17.3 Å². The highest BCUT2D eigenvalue weighted by Gasteiger charge is 2.47. The minimum atomic E-state index is -0.697. The number of Topliss-reactive ketones (excluding diaryl/α,β-unsaturated/α-hetero) is 1. The predicted molar refractivity (Wildman–Crippen MR) is 136 cm³/mol. The molecule has 0 radical (unpaired) electrons. The number of carbonyl (C=O) groups excluding carboxylic acids is 2. The Labute approximate surface area is 208 Å². The van der Waals surface area contributed by atoms with Crippen molar-refractivity contribution in [2.45, 2.75) is 78.0 Å². The lowest BCUT2D eigenvalue weighted by Gasteiger charge is -2.39. The number of rotatable bonds is 4. The first-order valence-corrected chi connectivity index (χ1v) is 13.0. The van der Waals surface area contributed by atoms with Gasteiger partial charge in [0.2, 0.25) is 0 Å². The normalized spacial score (nSPS) is 28.5. The van der Waals surface area contributed by atoms with Gasteiger partial charge in [0, 0.05) is 55.1 Å². The molecule has 0 spiro atoms. The van der Waals surface area contributed by atoms with E-state index in [4.69, 9.17) is 9.47 Å². The van der Waals surface area contributed by atoms with E-state index in [1.165, 1.54) is 0 Å². The molecule has 2 heterocycles. The Morgan fingerprint density at radius 2 is 1.80 bits per heavy atom. The first-order valence-electron chi connectivity index (χ1n) is 13.0. The summed E-state index contributed by atoms with van der Waals surface area (Å²) in [7, 11) is 4.30. The molecule has 6 nitrogen and oxygen atoms in total. The third-order valence-electron chi connectivity index (χ3n) is 8.57. The molecule has 1 amide bonds. The molecule has 1 saturated carbocycles. The maximum atomic E-state index is 13.6. The smallest absolute Gasteiger partial charge is 0.254 e. The van der Waals surface area contributed by atoms with Crippen molar-refractivity contribution < 1.29 is 19.1 Å². The number of amides is 1. The highest BCUT2D eigenvalue weighted by molar-refractivity contribution is 6.03. The fourth-order valence-corrected chi connectivity index (χ4v) is 6.42. The standard InChI is InChI=1S/C29H38N2O4/c1-17-13-18(2)23(24(32)14-17)16-31-12-11-20-15-25-27(19(3)26(20)28(31)33)35-29(4,34-25)21-7-9-22(10-8-21)30(5)6/h13,15,21-22H,7-12,14,16H2,1-6H3/t21?,22?,29-/m1/s1. The van der Waals surface area contributed by atoms with Gasteiger partial charge in [0.05, 0.1) is 0 Å². The number of benzene rings is 1. The second-order valence-electron chi connectivity index (χ2n) is 11.3. The highest BCUT2D eigenvalue weighted by Crippen LogP contribution is 2.50. The van der Waals surface area contributed by atoms with Gasteiger partial charge in [-0.15, -0.1) is 0 Å². The van der Waals surface area contributed by atoms with Crippen LogP contribution in [0.25, 0.3) is 0 Å². The largest absolute Gasteiger partial charge is 0.448 e. The predicted octanol–water partition coefficient (Wildman–Crippen LogP) is 4.84. The van der Waals surface area contributed by atoms with Crippen molar-refractivity contribution in [1.29, 1.82) is 0 Å². The summed E-state index contributed by atoms with van der Waals surface area (Å²) >= 11 is 0. The van der Waals surface area contributed by atoms with Gasteiger partial charge in [0.1, 0.15) is 0 Å². The molecule has 0 aromatic heterocycles. The molecule has 1 aromatic carbocycles. The molecule has 188 valence electrons. The summed E-state index contributed by atoms with van der Waals surface area (Å²) in [4.78, 5) is 30.4. The van der Waals surface area contributed by atoms with E-state index in [-0.39, 0.29) is 11.7 Å². The zero-order valence-corrected chi connectivity index (χ0v) is 22.0. The zero-order chi connectivity index (χ0) is 25.1. The molecule has 1 atom stereocenters. The Hall–Kier alpha value is -2.60. The number of carbonyl (C=O) groups is 2. The van der Waals surface area contributed by atoms with E-state index in [0.717, 1.165) is 65.7 Å². The van der Waals surface area contributed by atoms with Crippen LogP contribution in [0.2, 0.25) is 0 Å². The Bertz CT molecular complexity index is 1140. The number of allylic oxidation sites excluding steroid dienone is 3. The summed E-state index contributed by atoms with van der Waals surface area (Å²) in [5.74, 6) is 1.20. The maximum absolute atomic E-state index is 13.6. The average molecular weight is 479 g/mol. The molecule has 0 unspecified atom stereocenters. The van der Waals surface area contributed by atoms with E-state index >= 15 is 0 Å². The van der Waals surface area contributed by atoms with Crippen molar-refractivity contribution in [3.63, 3.8) is 0 Å². The van der Waals surface area contributed by atoms with Crippen molar-refractivity contribution in [3.8, 4) is 11.5 Å². The molecule has 1 aromatic rings. The van der Waals surface area contributed by atoms with Crippen molar-refractivity contribution in [3.05, 3.63) is 45.6 Å². The Morgan fingerprint density at radius 3 is 2.46 bits per heavy atom. The lowest BCUT2D eigenvalue weighted by Crippen LogP contribution is -2.46. The van der Waals surface area contributed by atoms with E-state index in [2.05, 4.69) is 32.0 Å². The molecule has 2 aliphatic carbocycles. The van der Waals surface area contributed by atoms with E-state index < -0.39 is 5.79 Å². The average Bonchev–Trinajstić information content (AvgIpc) is 3.15. The second kappa shape index (κ2) is 8.81. The fraction of sp³-hybridized carbons (Fsp3) is 0.586.